The fraction of sp³-hybridized carbons (Fsp3) is 0.143. The average molecular weight is 279 g/mol. The smallest absolute Gasteiger partial charge is 0.123 e. The summed E-state index contributed by atoms with van der Waals surface area (Å²) in [6.07, 6.45) is 0. The van der Waals surface area contributed by atoms with E-state index in [1.807, 2.05) is 38.1 Å². The van der Waals surface area contributed by atoms with Gasteiger partial charge in [0.2, 0.25) is 0 Å². The van der Waals surface area contributed by atoms with Gasteiger partial charge in [0, 0.05) is 4.47 Å². The van der Waals surface area contributed by atoms with Gasteiger partial charge < -0.3 is 0 Å². The van der Waals surface area contributed by atoms with E-state index in [0.29, 0.717) is 0 Å². The number of halogens is 2. The third-order valence-electron chi connectivity index (χ3n) is 2.68. The molecule has 0 N–H and O–H groups in total. The van der Waals surface area contributed by atoms with Gasteiger partial charge in [0.25, 0.3) is 0 Å². The lowest BCUT2D eigenvalue weighted by Gasteiger charge is -2.09. The summed E-state index contributed by atoms with van der Waals surface area (Å²) in [5.41, 5.74) is 4.28. The summed E-state index contributed by atoms with van der Waals surface area (Å²) in [6.45, 7) is 4.03. The van der Waals surface area contributed by atoms with Gasteiger partial charge >= 0.3 is 0 Å². The highest BCUT2D eigenvalue weighted by Crippen LogP contribution is 2.29. The molecule has 0 amide bonds. The predicted octanol–water partition coefficient (Wildman–Crippen LogP) is 4.87. The van der Waals surface area contributed by atoms with E-state index >= 15 is 0 Å². The van der Waals surface area contributed by atoms with Crippen molar-refractivity contribution in [1.29, 1.82) is 0 Å². The number of benzene rings is 2. The lowest BCUT2D eigenvalue weighted by molar-refractivity contribution is 0.628. The van der Waals surface area contributed by atoms with Crippen molar-refractivity contribution >= 4 is 15.9 Å². The summed E-state index contributed by atoms with van der Waals surface area (Å²) >= 11 is 3.43. The summed E-state index contributed by atoms with van der Waals surface area (Å²) in [5, 5.41) is 0. The van der Waals surface area contributed by atoms with Gasteiger partial charge in [-0.1, -0.05) is 28.1 Å². The van der Waals surface area contributed by atoms with Crippen molar-refractivity contribution in [2.75, 3.05) is 0 Å². The Labute approximate surface area is 103 Å². The van der Waals surface area contributed by atoms with Crippen molar-refractivity contribution in [2.24, 2.45) is 0 Å². The van der Waals surface area contributed by atoms with Gasteiger partial charge in [0.15, 0.2) is 0 Å². The van der Waals surface area contributed by atoms with Crippen LogP contribution >= 0.6 is 15.9 Å². The van der Waals surface area contributed by atoms with E-state index in [0.717, 1.165) is 26.7 Å². The molecule has 0 aromatic heterocycles. The van der Waals surface area contributed by atoms with Crippen molar-refractivity contribution < 1.29 is 4.39 Å². The van der Waals surface area contributed by atoms with E-state index in [-0.39, 0.29) is 5.82 Å². The van der Waals surface area contributed by atoms with Gasteiger partial charge in [-0.15, -0.1) is 0 Å². The van der Waals surface area contributed by atoms with E-state index in [2.05, 4.69) is 15.9 Å². The molecule has 0 radical (unpaired) electrons. The maximum atomic E-state index is 13.2. The molecular formula is C14H12BrF. The van der Waals surface area contributed by atoms with Crippen molar-refractivity contribution in [2.45, 2.75) is 13.8 Å². The standard InChI is InChI=1S/C14H12BrF/c1-9-3-5-12(16)8-14(9)13-6-4-11(15)7-10(13)2/h3-8H,1-2H3. The Morgan fingerprint density at radius 3 is 2.31 bits per heavy atom. The van der Waals surface area contributed by atoms with Crippen LogP contribution in [0, 0.1) is 19.7 Å². The molecule has 0 unspecified atom stereocenters. The van der Waals surface area contributed by atoms with Gasteiger partial charge in [-0.05, 0) is 60.4 Å². The summed E-state index contributed by atoms with van der Waals surface area (Å²) in [4.78, 5) is 0. The van der Waals surface area contributed by atoms with Crippen LogP contribution in [0.15, 0.2) is 40.9 Å². The molecule has 0 saturated carbocycles. The molecule has 2 aromatic rings. The zero-order valence-corrected chi connectivity index (χ0v) is 10.8. The molecule has 0 spiro atoms. The molecule has 0 atom stereocenters. The molecule has 0 aliphatic rings. The Morgan fingerprint density at radius 1 is 0.875 bits per heavy atom. The molecule has 0 fully saturated rings. The van der Waals surface area contributed by atoms with Gasteiger partial charge in [-0.25, -0.2) is 4.39 Å². The van der Waals surface area contributed by atoms with Crippen molar-refractivity contribution in [3.8, 4) is 11.1 Å². The number of aryl methyl sites for hydroxylation is 2. The predicted molar refractivity (Wildman–Crippen MR) is 69.0 cm³/mol. The maximum absolute atomic E-state index is 13.2. The topological polar surface area (TPSA) is 0 Å². The first kappa shape index (κ1) is 11.3. The summed E-state index contributed by atoms with van der Waals surface area (Å²) in [6, 6.07) is 10.9. The first-order valence-corrected chi connectivity index (χ1v) is 5.90. The van der Waals surface area contributed by atoms with Crippen LogP contribution in [-0.4, -0.2) is 0 Å². The minimum absolute atomic E-state index is 0.192. The highest BCUT2D eigenvalue weighted by Gasteiger charge is 2.06. The fourth-order valence-electron chi connectivity index (χ4n) is 1.81. The summed E-state index contributed by atoms with van der Waals surface area (Å²) in [5.74, 6) is -0.192. The largest absolute Gasteiger partial charge is 0.207 e. The molecule has 2 heteroatoms. The molecule has 16 heavy (non-hydrogen) atoms. The Hall–Kier alpha value is -1.15. The molecule has 0 aliphatic heterocycles. The molecule has 0 aliphatic carbocycles. The van der Waals surface area contributed by atoms with Crippen LogP contribution in [0.5, 0.6) is 0 Å². The van der Waals surface area contributed by atoms with Gasteiger partial charge in [-0.2, -0.15) is 0 Å². The Balaban J connectivity index is 2.62. The number of hydrogen-bond acceptors (Lipinski definition) is 0. The summed E-state index contributed by atoms with van der Waals surface area (Å²) in [7, 11) is 0. The molecule has 0 bridgehead atoms. The first-order chi connectivity index (χ1) is 7.58. The van der Waals surface area contributed by atoms with Gasteiger partial charge in [0.05, 0.1) is 0 Å². The van der Waals surface area contributed by atoms with Crippen molar-refractivity contribution in [3.05, 3.63) is 57.8 Å². The zero-order chi connectivity index (χ0) is 11.7. The van der Waals surface area contributed by atoms with Crippen LogP contribution in [0.2, 0.25) is 0 Å². The highest BCUT2D eigenvalue weighted by molar-refractivity contribution is 9.10. The molecule has 2 rings (SSSR count). The Bertz CT molecular complexity index is 532. The highest BCUT2D eigenvalue weighted by atomic mass is 79.9. The van der Waals surface area contributed by atoms with Crippen LogP contribution in [0.4, 0.5) is 4.39 Å². The van der Waals surface area contributed by atoms with E-state index in [9.17, 15) is 4.39 Å². The molecule has 0 heterocycles. The average Bonchev–Trinajstić information content (AvgIpc) is 2.22. The molecule has 0 nitrogen and oxygen atoms in total. The molecule has 2 aromatic carbocycles. The van der Waals surface area contributed by atoms with E-state index in [1.165, 1.54) is 6.07 Å². The van der Waals surface area contributed by atoms with Crippen molar-refractivity contribution in [3.63, 3.8) is 0 Å². The minimum Gasteiger partial charge on any atom is -0.207 e. The summed E-state index contributed by atoms with van der Waals surface area (Å²) < 4.78 is 14.3. The zero-order valence-electron chi connectivity index (χ0n) is 9.22. The second kappa shape index (κ2) is 4.38. The third kappa shape index (κ3) is 2.17. The van der Waals surface area contributed by atoms with Crippen LogP contribution in [-0.2, 0) is 0 Å². The first-order valence-electron chi connectivity index (χ1n) is 5.10. The Kier molecular flexibility index (Phi) is 3.10. The lowest BCUT2D eigenvalue weighted by Crippen LogP contribution is -1.88. The van der Waals surface area contributed by atoms with E-state index in [4.69, 9.17) is 0 Å². The maximum Gasteiger partial charge on any atom is 0.123 e. The van der Waals surface area contributed by atoms with E-state index in [1.54, 1.807) is 6.07 Å². The van der Waals surface area contributed by atoms with Crippen LogP contribution in [0.25, 0.3) is 11.1 Å². The number of hydrogen-bond donors (Lipinski definition) is 0. The third-order valence-corrected chi connectivity index (χ3v) is 3.17. The molecule has 82 valence electrons. The van der Waals surface area contributed by atoms with Gasteiger partial charge in [0.1, 0.15) is 5.82 Å². The lowest BCUT2D eigenvalue weighted by atomic mass is 9.97. The number of rotatable bonds is 1. The van der Waals surface area contributed by atoms with Crippen molar-refractivity contribution in [1.82, 2.24) is 0 Å². The van der Waals surface area contributed by atoms with Crippen LogP contribution in [0.1, 0.15) is 11.1 Å². The van der Waals surface area contributed by atoms with E-state index < -0.39 is 0 Å². The molecular weight excluding hydrogens is 267 g/mol. The second-order valence-electron chi connectivity index (χ2n) is 3.92. The van der Waals surface area contributed by atoms with Crippen LogP contribution < -0.4 is 0 Å². The monoisotopic (exact) mass is 278 g/mol. The normalized spacial score (nSPS) is 10.5. The fourth-order valence-corrected chi connectivity index (χ4v) is 2.29. The Morgan fingerprint density at radius 2 is 1.62 bits per heavy atom. The van der Waals surface area contributed by atoms with Crippen LogP contribution in [0.3, 0.4) is 0 Å². The molecule has 0 saturated heterocycles. The SMILES string of the molecule is Cc1cc(Br)ccc1-c1cc(F)ccc1C. The minimum atomic E-state index is -0.192. The second-order valence-corrected chi connectivity index (χ2v) is 4.83. The quantitative estimate of drug-likeness (QED) is 0.698. The van der Waals surface area contributed by atoms with Gasteiger partial charge in [-0.3, -0.25) is 0 Å².